The molecule has 0 unspecified atom stereocenters. The van der Waals surface area contributed by atoms with Crippen LogP contribution in [0.2, 0.25) is 0 Å². The van der Waals surface area contributed by atoms with Crippen LogP contribution in [-0.2, 0) is 4.79 Å². The third-order valence-corrected chi connectivity index (χ3v) is 2.37. The molecule has 1 rings (SSSR count). The molecule has 0 aromatic rings. The van der Waals surface area contributed by atoms with E-state index in [1.54, 1.807) is 0 Å². The standard InChI is InChI=1S/C7H13NOS/c1-7(2)4-3-5-8(10)6(7)9/h10H,3-5H2,1-2H3. The molecule has 1 heterocycles. The SMILES string of the molecule is CC1(C)CCCN(S)C1=O. The van der Waals surface area contributed by atoms with Gasteiger partial charge in [0.05, 0.1) is 0 Å². The van der Waals surface area contributed by atoms with Crippen molar-refractivity contribution in [2.75, 3.05) is 6.54 Å². The van der Waals surface area contributed by atoms with E-state index in [1.165, 1.54) is 4.31 Å². The number of hydrogen-bond donors (Lipinski definition) is 1. The van der Waals surface area contributed by atoms with Crippen LogP contribution in [0.4, 0.5) is 0 Å². The Bertz CT molecular complexity index is 156. The first-order chi connectivity index (χ1) is 4.54. The normalized spacial score (nSPS) is 25.1. The van der Waals surface area contributed by atoms with Crippen LogP contribution in [0.5, 0.6) is 0 Å². The molecule has 0 bridgehead atoms. The van der Waals surface area contributed by atoms with Crippen LogP contribution >= 0.6 is 12.8 Å². The third kappa shape index (κ3) is 1.29. The summed E-state index contributed by atoms with van der Waals surface area (Å²) in [5.74, 6) is 0.155. The van der Waals surface area contributed by atoms with Crippen LogP contribution in [-0.4, -0.2) is 16.8 Å². The van der Waals surface area contributed by atoms with E-state index in [4.69, 9.17) is 0 Å². The van der Waals surface area contributed by atoms with E-state index in [0.717, 1.165) is 19.4 Å². The van der Waals surface area contributed by atoms with Gasteiger partial charge in [-0.1, -0.05) is 26.7 Å². The minimum atomic E-state index is -0.181. The molecule has 3 heteroatoms. The fourth-order valence-electron chi connectivity index (χ4n) is 1.23. The predicted molar refractivity (Wildman–Crippen MR) is 43.7 cm³/mol. The molecule has 0 spiro atoms. The van der Waals surface area contributed by atoms with Gasteiger partial charge in [-0.15, -0.1) is 0 Å². The first-order valence-corrected chi connectivity index (χ1v) is 3.95. The van der Waals surface area contributed by atoms with Gasteiger partial charge in [-0.3, -0.25) is 9.10 Å². The average Bonchev–Trinajstić information content (AvgIpc) is 1.83. The van der Waals surface area contributed by atoms with E-state index in [0.29, 0.717) is 0 Å². The molecule has 1 fully saturated rings. The maximum atomic E-state index is 11.3. The lowest BCUT2D eigenvalue weighted by molar-refractivity contribution is -0.137. The molecule has 10 heavy (non-hydrogen) atoms. The number of nitrogens with zero attached hydrogens (tertiary/aromatic N) is 1. The van der Waals surface area contributed by atoms with Crippen molar-refractivity contribution < 1.29 is 4.79 Å². The van der Waals surface area contributed by atoms with Crippen LogP contribution in [0.25, 0.3) is 0 Å². The van der Waals surface area contributed by atoms with Crippen molar-refractivity contribution in [2.24, 2.45) is 5.41 Å². The van der Waals surface area contributed by atoms with Crippen molar-refractivity contribution in [3.8, 4) is 0 Å². The lowest BCUT2D eigenvalue weighted by Crippen LogP contribution is -2.40. The third-order valence-electron chi connectivity index (χ3n) is 1.99. The Balaban J connectivity index is 2.70. The summed E-state index contributed by atoms with van der Waals surface area (Å²) in [5, 5.41) is 0. The summed E-state index contributed by atoms with van der Waals surface area (Å²) in [5.41, 5.74) is -0.181. The summed E-state index contributed by atoms with van der Waals surface area (Å²) < 4.78 is 1.52. The summed E-state index contributed by atoms with van der Waals surface area (Å²) in [6.45, 7) is 4.74. The number of carbonyl (C=O) groups excluding carboxylic acids is 1. The number of rotatable bonds is 0. The smallest absolute Gasteiger partial charge is 0.237 e. The van der Waals surface area contributed by atoms with E-state index in [9.17, 15) is 4.79 Å². The van der Waals surface area contributed by atoms with E-state index < -0.39 is 0 Å². The maximum absolute atomic E-state index is 11.3. The second-order valence-electron chi connectivity index (χ2n) is 3.42. The fourth-order valence-corrected chi connectivity index (χ4v) is 1.64. The first kappa shape index (κ1) is 7.92. The molecule has 0 radical (unpaired) electrons. The van der Waals surface area contributed by atoms with E-state index >= 15 is 0 Å². The van der Waals surface area contributed by atoms with Crippen LogP contribution in [0.15, 0.2) is 0 Å². The molecule has 0 aromatic heterocycles. The molecular formula is C7H13NOS. The van der Waals surface area contributed by atoms with Gasteiger partial charge in [0, 0.05) is 12.0 Å². The molecule has 0 atom stereocenters. The number of carbonyl (C=O) groups is 1. The second kappa shape index (κ2) is 2.46. The second-order valence-corrected chi connectivity index (χ2v) is 3.90. The molecular weight excluding hydrogens is 146 g/mol. The molecule has 1 saturated heterocycles. The monoisotopic (exact) mass is 159 g/mol. The van der Waals surface area contributed by atoms with Gasteiger partial charge >= 0.3 is 0 Å². The maximum Gasteiger partial charge on any atom is 0.237 e. The molecule has 0 N–H and O–H groups in total. The zero-order chi connectivity index (χ0) is 7.78. The largest absolute Gasteiger partial charge is 0.289 e. The Morgan fingerprint density at radius 3 is 2.60 bits per heavy atom. The van der Waals surface area contributed by atoms with Gasteiger partial charge in [0.1, 0.15) is 0 Å². The van der Waals surface area contributed by atoms with Crippen molar-refractivity contribution in [3.05, 3.63) is 0 Å². The number of amides is 1. The molecule has 1 aliphatic heterocycles. The summed E-state index contributed by atoms with van der Waals surface area (Å²) >= 11 is 4.05. The molecule has 58 valence electrons. The molecule has 0 aliphatic carbocycles. The average molecular weight is 159 g/mol. The Morgan fingerprint density at radius 2 is 2.20 bits per heavy atom. The molecule has 2 nitrogen and oxygen atoms in total. The predicted octanol–water partition coefficient (Wildman–Crippen LogP) is 1.48. The van der Waals surface area contributed by atoms with Crippen LogP contribution in [0.3, 0.4) is 0 Å². The Labute approximate surface area is 67.1 Å². The van der Waals surface area contributed by atoms with Gasteiger partial charge in [0.25, 0.3) is 0 Å². The Hall–Kier alpha value is -0.180. The lowest BCUT2D eigenvalue weighted by atomic mass is 9.84. The minimum absolute atomic E-state index is 0.155. The van der Waals surface area contributed by atoms with Gasteiger partial charge in [0.2, 0.25) is 5.91 Å². The van der Waals surface area contributed by atoms with Crippen molar-refractivity contribution in [3.63, 3.8) is 0 Å². The van der Waals surface area contributed by atoms with Crippen molar-refractivity contribution in [1.82, 2.24) is 4.31 Å². The highest BCUT2D eigenvalue weighted by molar-refractivity contribution is 7.78. The van der Waals surface area contributed by atoms with Crippen molar-refractivity contribution in [2.45, 2.75) is 26.7 Å². The van der Waals surface area contributed by atoms with E-state index in [2.05, 4.69) is 12.8 Å². The topological polar surface area (TPSA) is 20.3 Å². The number of thiol groups is 1. The van der Waals surface area contributed by atoms with Crippen molar-refractivity contribution in [1.29, 1.82) is 0 Å². The minimum Gasteiger partial charge on any atom is -0.289 e. The van der Waals surface area contributed by atoms with Gasteiger partial charge in [0.15, 0.2) is 0 Å². The van der Waals surface area contributed by atoms with Gasteiger partial charge in [-0.25, -0.2) is 0 Å². The Kier molecular flexibility index (Phi) is 1.95. The van der Waals surface area contributed by atoms with Gasteiger partial charge < -0.3 is 0 Å². The molecule has 1 aliphatic rings. The summed E-state index contributed by atoms with van der Waals surface area (Å²) in [6.07, 6.45) is 2.06. The zero-order valence-electron chi connectivity index (χ0n) is 6.42. The van der Waals surface area contributed by atoms with Crippen molar-refractivity contribution >= 4 is 18.7 Å². The Morgan fingerprint density at radius 1 is 1.60 bits per heavy atom. The van der Waals surface area contributed by atoms with Crippen LogP contribution in [0, 0.1) is 5.41 Å². The summed E-state index contributed by atoms with van der Waals surface area (Å²) in [7, 11) is 0. The lowest BCUT2D eigenvalue weighted by Gasteiger charge is -2.33. The first-order valence-electron chi connectivity index (χ1n) is 3.55. The number of piperidine rings is 1. The van der Waals surface area contributed by atoms with Gasteiger partial charge in [-0.05, 0) is 12.8 Å². The summed E-state index contributed by atoms with van der Waals surface area (Å²) in [6, 6.07) is 0. The molecule has 0 saturated carbocycles. The van der Waals surface area contributed by atoms with Crippen LogP contribution < -0.4 is 0 Å². The highest BCUT2D eigenvalue weighted by Crippen LogP contribution is 2.30. The molecule has 1 amide bonds. The fraction of sp³-hybridized carbons (Fsp3) is 0.857. The number of hydrogen-bond acceptors (Lipinski definition) is 2. The van der Waals surface area contributed by atoms with Crippen LogP contribution in [0.1, 0.15) is 26.7 Å². The zero-order valence-corrected chi connectivity index (χ0v) is 7.32. The quantitative estimate of drug-likeness (QED) is 0.531. The highest BCUT2D eigenvalue weighted by atomic mass is 32.1. The van der Waals surface area contributed by atoms with E-state index in [1.807, 2.05) is 13.8 Å². The highest BCUT2D eigenvalue weighted by Gasteiger charge is 2.33. The molecule has 0 aromatic carbocycles. The summed E-state index contributed by atoms with van der Waals surface area (Å²) in [4.78, 5) is 11.3. The van der Waals surface area contributed by atoms with Gasteiger partial charge in [-0.2, -0.15) is 0 Å². The van der Waals surface area contributed by atoms with E-state index in [-0.39, 0.29) is 11.3 Å².